The second-order valence-corrected chi connectivity index (χ2v) is 2.89. The lowest BCUT2D eigenvalue weighted by Crippen LogP contribution is -2.11. The lowest BCUT2D eigenvalue weighted by molar-refractivity contribution is 0.212. The van der Waals surface area contributed by atoms with Gasteiger partial charge in [0.2, 0.25) is 0 Å². The molecule has 0 aromatic rings. The van der Waals surface area contributed by atoms with E-state index in [0.29, 0.717) is 0 Å². The van der Waals surface area contributed by atoms with Crippen LogP contribution >= 0.6 is 0 Å². The van der Waals surface area contributed by atoms with Gasteiger partial charge in [-0.05, 0) is 18.3 Å². The molecule has 0 bridgehead atoms. The predicted octanol–water partition coefficient (Wildman–Crippen LogP) is 1.62. The minimum Gasteiger partial charge on any atom is -0.396 e. The molecule has 0 atom stereocenters. The molecule has 0 unspecified atom stereocenters. The Morgan fingerprint density at radius 1 is 1.50 bits per heavy atom. The zero-order chi connectivity index (χ0) is 6.62. The molecule has 0 amide bonds. The van der Waals surface area contributed by atoms with Crippen molar-refractivity contribution in [2.75, 3.05) is 6.61 Å². The summed E-state index contributed by atoms with van der Waals surface area (Å²) in [5, 5.41) is 8.51. The number of aliphatic hydroxyl groups excluding tert-OH is 1. The lowest BCUT2D eigenvalue weighted by atomic mass is 9.87. The van der Waals surface area contributed by atoms with E-state index < -0.39 is 0 Å². The molecule has 0 spiro atoms. The number of hydrogen-bond donors (Lipinski definition) is 1. The average molecular weight is 115 g/mol. The fraction of sp³-hybridized carbons (Fsp3) is 0.857. The summed E-state index contributed by atoms with van der Waals surface area (Å²) < 4.78 is 0. The molecule has 1 N–H and O–H groups in total. The maximum Gasteiger partial charge on any atom is 0.0436 e. The summed E-state index contributed by atoms with van der Waals surface area (Å²) in [4.78, 5) is 0. The molecule has 1 heteroatoms. The Bertz CT molecular complexity index is 57.4. The molecule has 1 nitrogen and oxygen atoms in total. The van der Waals surface area contributed by atoms with Gasteiger partial charge in [0.15, 0.2) is 0 Å². The zero-order valence-electron chi connectivity index (χ0n) is 5.78. The number of rotatable bonds is 3. The molecular weight excluding hydrogens is 100 g/mol. The van der Waals surface area contributed by atoms with E-state index in [-0.39, 0.29) is 12.0 Å². The third-order valence-corrected chi connectivity index (χ3v) is 1.47. The molecule has 0 rings (SSSR count). The fourth-order valence-corrected chi connectivity index (χ4v) is 0.428. The first kappa shape index (κ1) is 7.96. The maximum absolute atomic E-state index is 8.51. The quantitative estimate of drug-likeness (QED) is 0.592. The largest absolute Gasteiger partial charge is 0.396 e. The van der Waals surface area contributed by atoms with Crippen LogP contribution in [0.1, 0.15) is 26.7 Å². The Morgan fingerprint density at radius 3 is 2.12 bits per heavy atom. The van der Waals surface area contributed by atoms with Crippen molar-refractivity contribution in [1.82, 2.24) is 0 Å². The van der Waals surface area contributed by atoms with Crippen LogP contribution in [-0.4, -0.2) is 11.7 Å². The van der Waals surface area contributed by atoms with Crippen molar-refractivity contribution in [2.24, 2.45) is 5.41 Å². The van der Waals surface area contributed by atoms with E-state index in [2.05, 4.69) is 20.8 Å². The number of hydrogen-bond acceptors (Lipinski definition) is 1. The normalized spacial score (nSPS) is 12.0. The Balaban J connectivity index is 3.37. The Labute approximate surface area is 51.7 Å². The second-order valence-electron chi connectivity index (χ2n) is 2.89. The van der Waals surface area contributed by atoms with Crippen molar-refractivity contribution >= 4 is 0 Å². The van der Waals surface area contributed by atoms with Gasteiger partial charge < -0.3 is 5.11 Å². The first-order valence-electron chi connectivity index (χ1n) is 3.02. The van der Waals surface area contributed by atoms with E-state index in [4.69, 9.17) is 5.11 Å². The van der Waals surface area contributed by atoms with E-state index in [9.17, 15) is 0 Å². The van der Waals surface area contributed by atoms with E-state index in [0.717, 1.165) is 12.8 Å². The molecule has 0 aliphatic rings. The minimum absolute atomic E-state index is 0.231. The molecule has 1 radical (unpaired) electrons. The van der Waals surface area contributed by atoms with Gasteiger partial charge in [-0.25, -0.2) is 0 Å². The third kappa shape index (κ3) is 3.03. The van der Waals surface area contributed by atoms with Crippen molar-refractivity contribution < 1.29 is 5.11 Å². The van der Waals surface area contributed by atoms with Gasteiger partial charge in [0.1, 0.15) is 0 Å². The molecule has 8 heavy (non-hydrogen) atoms. The summed E-state index contributed by atoms with van der Waals surface area (Å²) in [6.45, 7) is 8.26. The summed E-state index contributed by atoms with van der Waals surface area (Å²) in [6.07, 6.45) is 1.75. The summed E-state index contributed by atoms with van der Waals surface area (Å²) in [6, 6.07) is 0. The second kappa shape index (κ2) is 3.08. The van der Waals surface area contributed by atoms with Crippen LogP contribution < -0.4 is 0 Å². The van der Waals surface area contributed by atoms with Crippen LogP contribution in [0.4, 0.5) is 0 Å². The summed E-state index contributed by atoms with van der Waals surface area (Å²) >= 11 is 0. The molecule has 0 aromatic carbocycles. The SMILES string of the molecule is [CH2]CC(C)(C)CCO. The Kier molecular flexibility index (Phi) is 3.06. The highest BCUT2D eigenvalue weighted by atomic mass is 16.3. The topological polar surface area (TPSA) is 20.2 Å². The van der Waals surface area contributed by atoms with Crippen LogP contribution in [0.15, 0.2) is 0 Å². The standard InChI is InChI=1S/C7H15O/c1-4-7(2,3)5-6-8/h8H,1,4-6H2,2-3H3. The van der Waals surface area contributed by atoms with Crippen LogP contribution in [0.3, 0.4) is 0 Å². The maximum atomic E-state index is 8.51. The molecule has 0 saturated carbocycles. The van der Waals surface area contributed by atoms with Gasteiger partial charge in [0, 0.05) is 6.61 Å². The highest BCUT2D eigenvalue weighted by molar-refractivity contribution is 4.68. The van der Waals surface area contributed by atoms with Crippen LogP contribution in [0.5, 0.6) is 0 Å². The van der Waals surface area contributed by atoms with E-state index in [1.54, 1.807) is 0 Å². The first-order valence-corrected chi connectivity index (χ1v) is 3.02. The van der Waals surface area contributed by atoms with Gasteiger partial charge in [-0.15, -0.1) is 0 Å². The zero-order valence-corrected chi connectivity index (χ0v) is 5.78. The van der Waals surface area contributed by atoms with E-state index >= 15 is 0 Å². The van der Waals surface area contributed by atoms with Gasteiger partial charge in [-0.3, -0.25) is 0 Å². The van der Waals surface area contributed by atoms with Crippen molar-refractivity contribution in [1.29, 1.82) is 0 Å². The lowest BCUT2D eigenvalue weighted by Gasteiger charge is -2.20. The average Bonchev–Trinajstić information content (AvgIpc) is 1.67. The van der Waals surface area contributed by atoms with Crippen LogP contribution in [-0.2, 0) is 0 Å². The Hall–Kier alpha value is -0.0400. The molecule has 49 valence electrons. The highest BCUT2D eigenvalue weighted by Gasteiger charge is 2.12. The van der Waals surface area contributed by atoms with Gasteiger partial charge in [0.25, 0.3) is 0 Å². The summed E-state index contributed by atoms with van der Waals surface area (Å²) in [7, 11) is 0. The van der Waals surface area contributed by atoms with Gasteiger partial charge >= 0.3 is 0 Å². The third-order valence-electron chi connectivity index (χ3n) is 1.47. The molecule has 0 heterocycles. The molecule has 0 saturated heterocycles. The molecule has 0 fully saturated rings. The summed E-state index contributed by atoms with van der Waals surface area (Å²) in [5.74, 6) is 0. The minimum atomic E-state index is 0.231. The van der Waals surface area contributed by atoms with E-state index in [1.807, 2.05) is 0 Å². The van der Waals surface area contributed by atoms with Gasteiger partial charge in [0.05, 0.1) is 0 Å². The molecule has 0 aliphatic carbocycles. The highest BCUT2D eigenvalue weighted by Crippen LogP contribution is 2.22. The van der Waals surface area contributed by atoms with Gasteiger partial charge in [-0.1, -0.05) is 20.8 Å². The molecular formula is C7H15O. The van der Waals surface area contributed by atoms with Crippen molar-refractivity contribution in [3.63, 3.8) is 0 Å². The van der Waals surface area contributed by atoms with Crippen molar-refractivity contribution in [3.05, 3.63) is 6.92 Å². The van der Waals surface area contributed by atoms with Crippen LogP contribution in [0.25, 0.3) is 0 Å². The summed E-state index contributed by atoms with van der Waals surface area (Å²) in [5.41, 5.74) is 0.231. The fourth-order valence-electron chi connectivity index (χ4n) is 0.428. The van der Waals surface area contributed by atoms with Crippen molar-refractivity contribution in [2.45, 2.75) is 26.7 Å². The molecule has 0 aromatic heterocycles. The molecule has 0 aliphatic heterocycles. The van der Waals surface area contributed by atoms with Gasteiger partial charge in [-0.2, -0.15) is 0 Å². The number of aliphatic hydroxyl groups is 1. The monoisotopic (exact) mass is 115 g/mol. The predicted molar refractivity (Wildman–Crippen MR) is 35.5 cm³/mol. The van der Waals surface area contributed by atoms with Crippen molar-refractivity contribution in [3.8, 4) is 0 Å². The first-order chi connectivity index (χ1) is 3.62. The smallest absolute Gasteiger partial charge is 0.0436 e. The van der Waals surface area contributed by atoms with Crippen LogP contribution in [0.2, 0.25) is 0 Å². The Morgan fingerprint density at radius 2 is 2.00 bits per heavy atom. The van der Waals surface area contributed by atoms with E-state index in [1.165, 1.54) is 0 Å². The van der Waals surface area contributed by atoms with Crippen LogP contribution in [0, 0.1) is 12.3 Å².